The smallest absolute Gasteiger partial charge is 0.122 e. The molecule has 0 aliphatic heterocycles. The lowest BCUT2D eigenvalue weighted by atomic mass is 10.2. The Morgan fingerprint density at radius 1 is 1.35 bits per heavy atom. The van der Waals surface area contributed by atoms with Crippen LogP contribution in [0.1, 0.15) is 16.1 Å². The van der Waals surface area contributed by atoms with Crippen molar-refractivity contribution in [2.24, 2.45) is 0 Å². The van der Waals surface area contributed by atoms with Crippen molar-refractivity contribution < 1.29 is 4.74 Å². The molecular formula is C13H16N2OS. The van der Waals surface area contributed by atoms with E-state index in [1.807, 2.05) is 37.6 Å². The Morgan fingerprint density at radius 2 is 2.18 bits per heavy atom. The molecule has 0 atom stereocenters. The third kappa shape index (κ3) is 2.97. The Balaban J connectivity index is 1.92. The highest BCUT2D eigenvalue weighted by Gasteiger charge is 2.03. The summed E-state index contributed by atoms with van der Waals surface area (Å²) in [7, 11) is 0. The highest BCUT2D eigenvalue weighted by Crippen LogP contribution is 2.21. The number of anilines is 1. The number of thiazole rings is 1. The summed E-state index contributed by atoms with van der Waals surface area (Å²) in [5, 5.41) is 0. The van der Waals surface area contributed by atoms with Crippen LogP contribution in [0.2, 0.25) is 0 Å². The highest BCUT2D eigenvalue weighted by atomic mass is 32.1. The number of benzene rings is 1. The van der Waals surface area contributed by atoms with Crippen molar-refractivity contribution in [1.82, 2.24) is 4.98 Å². The summed E-state index contributed by atoms with van der Waals surface area (Å²) in [5.41, 5.74) is 10.5. The first-order chi connectivity index (χ1) is 8.16. The molecule has 0 saturated carbocycles. The van der Waals surface area contributed by atoms with Gasteiger partial charge in [0.25, 0.3) is 0 Å². The Hall–Kier alpha value is -1.55. The van der Waals surface area contributed by atoms with Crippen LogP contribution >= 0.6 is 11.3 Å². The van der Waals surface area contributed by atoms with Crippen LogP contribution in [0.3, 0.4) is 0 Å². The van der Waals surface area contributed by atoms with Gasteiger partial charge in [-0.25, -0.2) is 4.98 Å². The van der Waals surface area contributed by atoms with Gasteiger partial charge in [-0.1, -0.05) is 0 Å². The number of nitrogens with zero attached hydrogens (tertiary/aromatic N) is 1. The fourth-order valence-corrected chi connectivity index (χ4v) is 2.42. The molecule has 0 unspecified atom stereocenters. The van der Waals surface area contributed by atoms with Crippen LogP contribution in [0.4, 0.5) is 5.69 Å². The summed E-state index contributed by atoms with van der Waals surface area (Å²) >= 11 is 1.68. The van der Waals surface area contributed by atoms with E-state index in [4.69, 9.17) is 10.5 Å². The topological polar surface area (TPSA) is 48.1 Å². The average molecular weight is 248 g/mol. The van der Waals surface area contributed by atoms with Gasteiger partial charge in [-0.2, -0.15) is 0 Å². The number of nitrogens with two attached hydrogens (primary N) is 1. The summed E-state index contributed by atoms with van der Waals surface area (Å²) in [4.78, 5) is 5.51. The molecule has 4 heteroatoms. The lowest BCUT2D eigenvalue weighted by Crippen LogP contribution is -2.02. The molecule has 0 saturated heterocycles. The molecule has 0 spiro atoms. The summed E-state index contributed by atoms with van der Waals surface area (Å²) in [5.74, 6) is 0.904. The van der Waals surface area contributed by atoms with Gasteiger partial charge in [0.2, 0.25) is 0 Å². The summed E-state index contributed by atoms with van der Waals surface area (Å²) in [6.45, 7) is 4.71. The van der Waals surface area contributed by atoms with Gasteiger partial charge in [0.15, 0.2) is 0 Å². The van der Waals surface area contributed by atoms with Crippen LogP contribution in [0, 0.1) is 13.8 Å². The van der Waals surface area contributed by atoms with E-state index in [-0.39, 0.29) is 0 Å². The van der Waals surface area contributed by atoms with Crippen molar-refractivity contribution in [1.29, 1.82) is 0 Å². The molecule has 1 heterocycles. The average Bonchev–Trinajstić information content (AvgIpc) is 2.68. The second kappa shape index (κ2) is 5.19. The number of aryl methyl sites for hydroxylation is 2. The van der Waals surface area contributed by atoms with Crippen molar-refractivity contribution in [2.75, 3.05) is 12.3 Å². The maximum Gasteiger partial charge on any atom is 0.122 e. The van der Waals surface area contributed by atoms with Crippen LogP contribution in [-0.4, -0.2) is 11.6 Å². The van der Waals surface area contributed by atoms with Gasteiger partial charge < -0.3 is 10.5 Å². The summed E-state index contributed by atoms with van der Waals surface area (Å²) in [6.07, 6.45) is 0.903. The predicted molar refractivity (Wildman–Crippen MR) is 71.6 cm³/mol. The van der Waals surface area contributed by atoms with Crippen molar-refractivity contribution >= 4 is 17.0 Å². The van der Waals surface area contributed by atoms with Gasteiger partial charge in [0, 0.05) is 17.0 Å². The van der Waals surface area contributed by atoms with Crippen LogP contribution in [0.5, 0.6) is 5.75 Å². The third-order valence-corrected chi connectivity index (χ3v) is 3.63. The Labute approximate surface area is 105 Å². The van der Waals surface area contributed by atoms with E-state index in [2.05, 4.69) is 4.98 Å². The van der Waals surface area contributed by atoms with Crippen molar-refractivity contribution in [3.63, 3.8) is 0 Å². The minimum Gasteiger partial charge on any atom is -0.493 e. The first-order valence-electron chi connectivity index (χ1n) is 5.54. The molecule has 2 aromatic rings. The molecule has 90 valence electrons. The number of nitrogen functional groups attached to an aromatic ring is 1. The van der Waals surface area contributed by atoms with Crippen LogP contribution in [0.15, 0.2) is 23.7 Å². The Kier molecular flexibility index (Phi) is 3.64. The largest absolute Gasteiger partial charge is 0.493 e. The Morgan fingerprint density at radius 3 is 2.82 bits per heavy atom. The second-order valence-electron chi connectivity index (χ2n) is 3.98. The minimum absolute atomic E-state index is 0.674. The SMILES string of the molecule is Cc1cc(N)ccc1OCCc1scnc1C. The van der Waals surface area contributed by atoms with Gasteiger partial charge in [-0.05, 0) is 37.6 Å². The van der Waals surface area contributed by atoms with Crippen molar-refractivity contribution in [3.05, 3.63) is 39.8 Å². The van der Waals surface area contributed by atoms with Crippen molar-refractivity contribution in [3.8, 4) is 5.75 Å². The Bertz CT molecular complexity index is 508. The van der Waals surface area contributed by atoms with E-state index in [0.29, 0.717) is 6.61 Å². The first kappa shape index (κ1) is 11.9. The van der Waals surface area contributed by atoms with Gasteiger partial charge >= 0.3 is 0 Å². The van der Waals surface area contributed by atoms with Gasteiger partial charge in [-0.15, -0.1) is 11.3 Å². The normalized spacial score (nSPS) is 10.5. The molecule has 1 aromatic heterocycles. The van der Waals surface area contributed by atoms with E-state index < -0.39 is 0 Å². The molecule has 17 heavy (non-hydrogen) atoms. The molecule has 2 N–H and O–H groups in total. The molecular weight excluding hydrogens is 232 g/mol. The summed E-state index contributed by atoms with van der Waals surface area (Å²) < 4.78 is 5.74. The van der Waals surface area contributed by atoms with Crippen molar-refractivity contribution in [2.45, 2.75) is 20.3 Å². The molecule has 0 aliphatic rings. The lowest BCUT2D eigenvalue weighted by Gasteiger charge is -2.09. The number of rotatable bonds is 4. The fraction of sp³-hybridized carbons (Fsp3) is 0.308. The maximum absolute atomic E-state index is 5.74. The zero-order valence-electron chi connectivity index (χ0n) is 10.1. The third-order valence-electron chi connectivity index (χ3n) is 2.63. The molecule has 0 radical (unpaired) electrons. The van der Waals surface area contributed by atoms with E-state index in [1.165, 1.54) is 4.88 Å². The van der Waals surface area contributed by atoms with Crippen LogP contribution in [0.25, 0.3) is 0 Å². The molecule has 0 bridgehead atoms. The maximum atomic E-state index is 5.74. The fourth-order valence-electron chi connectivity index (χ4n) is 1.65. The molecule has 0 amide bonds. The van der Waals surface area contributed by atoms with Gasteiger partial charge in [0.1, 0.15) is 5.75 Å². The zero-order chi connectivity index (χ0) is 12.3. The predicted octanol–water partition coefficient (Wildman–Crippen LogP) is 2.96. The summed E-state index contributed by atoms with van der Waals surface area (Å²) in [6, 6.07) is 5.71. The van der Waals surface area contributed by atoms with Gasteiger partial charge in [-0.3, -0.25) is 0 Å². The van der Waals surface area contributed by atoms with Crippen LogP contribution in [-0.2, 0) is 6.42 Å². The molecule has 0 aliphatic carbocycles. The number of hydrogen-bond acceptors (Lipinski definition) is 4. The zero-order valence-corrected chi connectivity index (χ0v) is 10.9. The standard InChI is InChI=1S/C13H16N2OS/c1-9-7-11(14)3-4-12(9)16-6-5-13-10(2)15-8-17-13/h3-4,7-8H,5-6,14H2,1-2H3. The molecule has 3 nitrogen and oxygen atoms in total. The minimum atomic E-state index is 0.674. The molecule has 0 fully saturated rings. The molecule has 2 rings (SSSR count). The number of hydrogen-bond donors (Lipinski definition) is 1. The lowest BCUT2D eigenvalue weighted by molar-refractivity contribution is 0.320. The van der Waals surface area contributed by atoms with E-state index in [0.717, 1.165) is 29.1 Å². The van der Waals surface area contributed by atoms with E-state index >= 15 is 0 Å². The van der Waals surface area contributed by atoms with Gasteiger partial charge in [0.05, 0.1) is 17.8 Å². The first-order valence-corrected chi connectivity index (χ1v) is 6.42. The highest BCUT2D eigenvalue weighted by molar-refractivity contribution is 7.09. The molecule has 1 aromatic carbocycles. The second-order valence-corrected chi connectivity index (χ2v) is 4.92. The quantitative estimate of drug-likeness (QED) is 0.846. The van der Waals surface area contributed by atoms with Crippen LogP contribution < -0.4 is 10.5 Å². The number of ether oxygens (including phenoxy) is 1. The van der Waals surface area contributed by atoms with E-state index in [9.17, 15) is 0 Å². The number of aromatic nitrogens is 1. The van der Waals surface area contributed by atoms with E-state index in [1.54, 1.807) is 11.3 Å². The monoisotopic (exact) mass is 248 g/mol.